The standard InChI is InChI=1S/C25H26N2O3/c1-17-15-19(18-9-5-4-6-10-18)16-21(26-17)22-12-8-14-27(22)25(28)20-11-7-13-23(29-2)24(20)30-3/h4-7,9-11,13,15-16,22H,8,12,14H2,1-3H3/t22-/m0/s1. The molecule has 1 aliphatic heterocycles. The summed E-state index contributed by atoms with van der Waals surface area (Å²) in [7, 11) is 3.14. The number of ether oxygens (including phenoxy) is 2. The van der Waals surface area contributed by atoms with Crippen molar-refractivity contribution in [3.8, 4) is 22.6 Å². The Kier molecular flexibility index (Phi) is 5.70. The maximum Gasteiger partial charge on any atom is 0.258 e. The largest absolute Gasteiger partial charge is 0.493 e. The summed E-state index contributed by atoms with van der Waals surface area (Å²) in [6.45, 7) is 2.70. The van der Waals surface area contributed by atoms with Gasteiger partial charge in [0.15, 0.2) is 11.5 Å². The molecule has 2 aromatic carbocycles. The Balaban J connectivity index is 1.70. The maximum absolute atomic E-state index is 13.5. The third-order valence-corrected chi connectivity index (χ3v) is 5.57. The van der Waals surface area contributed by atoms with Crippen LogP contribution in [0.15, 0.2) is 60.7 Å². The van der Waals surface area contributed by atoms with Crippen LogP contribution in [-0.4, -0.2) is 36.6 Å². The maximum atomic E-state index is 13.5. The number of carbonyl (C=O) groups excluding carboxylic acids is 1. The number of amides is 1. The Labute approximate surface area is 177 Å². The molecule has 0 bridgehead atoms. The number of carbonyl (C=O) groups is 1. The summed E-state index contributed by atoms with van der Waals surface area (Å²) < 4.78 is 10.9. The minimum Gasteiger partial charge on any atom is -0.493 e. The molecule has 1 saturated heterocycles. The van der Waals surface area contributed by atoms with Gasteiger partial charge in [-0.2, -0.15) is 0 Å². The molecule has 1 atom stereocenters. The van der Waals surface area contributed by atoms with E-state index >= 15 is 0 Å². The SMILES string of the molecule is COc1cccc(C(=O)N2CCC[C@H]2c2cc(-c3ccccc3)cc(C)n2)c1OC. The van der Waals surface area contributed by atoms with E-state index in [1.165, 1.54) is 0 Å². The van der Waals surface area contributed by atoms with E-state index in [-0.39, 0.29) is 11.9 Å². The lowest BCUT2D eigenvalue weighted by Gasteiger charge is -2.26. The molecule has 1 fully saturated rings. The van der Waals surface area contributed by atoms with Crippen molar-refractivity contribution in [2.75, 3.05) is 20.8 Å². The summed E-state index contributed by atoms with van der Waals surface area (Å²) in [6, 6.07) is 19.8. The molecule has 0 unspecified atom stereocenters. The Morgan fingerprint density at radius 1 is 1.00 bits per heavy atom. The van der Waals surface area contributed by atoms with Gasteiger partial charge in [-0.05, 0) is 55.2 Å². The topological polar surface area (TPSA) is 51.7 Å². The highest BCUT2D eigenvalue weighted by Crippen LogP contribution is 2.37. The van der Waals surface area contributed by atoms with Crippen LogP contribution in [0.5, 0.6) is 11.5 Å². The zero-order chi connectivity index (χ0) is 21.1. The van der Waals surface area contributed by atoms with Crippen LogP contribution in [0.25, 0.3) is 11.1 Å². The van der Waals surface area contributed by atoms with Crippen LogP contribution in [0.2, 0.25) is 0 Å². The van der Waals surface area contributed by atoms with Crippen LogP contribution in [0.1, 0.15) is 40.6 Å². The molecular weight excluding hydrogens is 376 g/mol. The molecule has 1 aromatic heterocycles. The molecule has 2 heterocycles. The van der Waals surface area contributed by atoms with Crippen molar-refractivity contribution in [3.05, 3.63) is 77.6 Å². The molecular formula is C25H26N2O3. The number of methoxy groups -OCH3 is 2. The first-order valence-corrected chi connectivity index (χ1v) is 10.2. The molecule has 154 valence electrons. The van der Waals surface area contributed by atoms with Gasteiger partial charge in [0, 0.05) is 12.2 Å². The second-order valence-electron chi connectivity index (χ2n) is 7.49. The summed E-state index contributed by atoms with van der Waals surface area (Å²) in [5, 5.41) is 0. The number of nitrogens with zero attached hydrogens (tertiary/aromatic N) is 2. The Morgan fingerprint density at radius 3 is 2.53 bits per heavy atom. The third kappa shape index (κ3) is 3.75. The minimum atomic E-state index is -0.0595. The van der Waals surface area contributed by atoms with E-state index in [2.05, 4.69) is 24.3 Å². The van der Waals surface area contributed by atoms with Gasteiger partial charge in [-0.3, -0.25) is 9.78 Å². The first-order chi connectivity index (χ1) is 14.6. The fourth-order valence-corrected chi connectivity index (χ4v) is 4.19. The highest BCUT2D eigenvalue weighted by molar-refractivity contribution is 5.98. The lowest BCUT2D eigenvalue weighted by Crippen LogP contribution is -2.31. The zero-order valence-electron chi connectivity index (χ0n) is 17.6. The Bertz CT molecular complexity index is 1050. The van der Waals surface area contributed by atoms with Gasteiger partial charge in [0.2, 0.25) is 0 Å². The van der Waals surface area contributed by atoms with E-state index in [4.69, 9.17) is 14.5 Å². The monoisotopic (exact) mass is 402 g/mol. The number of pyridine rings is 1. The average Bonchev–Trinajstić information content (AvgIpc) is 3.28. The molecule has 0 saturated carbocycles. The molecule has 5 nitrogen and oxygen atoms in total. The fraction of sp³-hybridized carbons (Fsp3) is 0.280. The second-order valence-corrected chi connectivity index (χ2v) is 7.49. The number of aryl methyl sites for hydroxylation is 1. The number of hydrogen-bond donors (Lipinski definition) is 0. The third-order valence-electron chi connectivity index (χ3n) is 5.57. The van der Waals surface area contributed by atoms with Crippen LogP contribution in [-0.2, 0) is 0 Å². The summed E-state index contributed by atoms with van der Waals surface area (Å²) in [6.07, 6.45) is 1.84. The molecule has 4 rings (SSSR count). The minimum absolute atomic E-state index is 0.0576. The van der Waals surface area contributed by atoms with Crippen molar-refractivity contribution >= 4 is 5.91 Å². The summed E-state index contributed by atoms with van der Waals surface area (Å²) in [5.41, 5.74) is 4.66. The van der Waals surface area contributed by atoms with Crippen molar-refractivity contribution in [2.45, 2.75) is 25.8 Å². The highest BCUT2D eigenvalue weighted by Gasteiger charge is 2.33. The van der Waals surface area contributed by atoms with E-state index in [0.717, 1.165) is 35.4 Å². The van der Waals surface area contributed by atoms with Crippen LogP contribution < -0.4 is 9.47 Å². The van der Waals surface area contributed by atoms with Crippen molar-refractivity contribution < 1.29 is 14.3 Å². The molecule has 5 heteroatoms. The van der Waals surface area contributed by atoms with Crippen molar-refractivity contribution in [1.29, 1.82) is 0 Å². The number of para-hydroxylation sites is 1. The summed E-state index contributed by atoms with van der Waals surface area (Å²) >= 11 is 0. The second kappa shape index (κ2) is 8.57. The predicted octanol–water partition coefficient (Wildman–Crippen LogP) is 5.05. The van der Waals surface area contributed by atoms with Gasteiger partial charge in [-0.25, -0.2) is 0 Å². The van der Waals surface area contributed by atoms with Gasteiger partial charge in [-0.15, -0.1) is 0 Å². The van der Waals surface area contributed by atoms with E-state index in [0.29, 0.717) is 23.6 Å². The van der Waals surface area contributed by atoms with E-state index < -0.39 is 0 Å². The lowest BCUT2D eigenvalue weighted by atomic mass is 10.0. The zero-order valence-corrected chi connectivity index (χ0v) is 17.6. The molecule has 0 aliphatic carbocycles. The first-order valence-electron chi connectivity index (χ1n) is 10.2. The molecule has 1 amide bonds. The predicted molar refractivity (Wildman–Crippen MR) is 117 cm³/mol. The normalized spacial score (nSPS) is 15.8. The highest BCUT2D eigenvalue weighted by atomic mass is 16.5. The van der Waals surface area contributed by atoms with Gasteiger partial charge in [0.1, 0.15) is 0 Å². The fourth-order valence-electron chi connectivity index (χ4n) is 4.19. The Hall–Kier alpha value is -3.34. The summed E-state index contributed by atoms with van der Waals surface area (Å²) in [5.74, 6) is 0.967. The number of likely N-dealkylation sites (tertiary alicyclic amines) is 1. The van der Waals surface area contributed by atoms with Crippen molar-refractivity contribution in [3.63, 3.8) is 0 Å². The molecule has 3 aromatic rings. The van der Waals surface area contributed by atoms with Gasteiger partial charge in [0.05, 0.1) is 31.5 Å². The van der Waals surface area contributed by atoms with Crippen molar-refractivity contribution in [1.82, 2.24) is 9.88 Å². The average molecular weight is 402 g/mol. The number of aromatic nitrogens is 1. The quantitative estimate of drug-likeness (QED) is 0.599. The van der Waals surface area contributed by atoms with Gasteiger partial charge in [0.25, 0.3) is 5.91 Å². The first kappa shape index (κ1) is 20.0. The van der Waals surface area contributed by atoms with E-state index in [1.54, 1.807) is 26.4 Å². The van der Waals surface area contributed by atoms with Crippen LogP contribution in [0.4, 0.5) is 0 Å². The smallest absolute Gasteiger partial charge is 0.258 e. The van der Waals surface area contributed by atoms with E-state index in [1.807, 2.05) is 36.1 Å². The number of rotatable bonds is 5. The van der Waals surface area contributed by atoms with Gasteiger partial charge >= 0.3 is 0 Å². The van der Waals surface area contributed by atoms with Crippen LogP contribution in [0.3, 0.4) is 0 Å². The summed E-state index contributed by atoms with van der Waals surface area (Å²) in [4.78, 5) is 20.2. The van der Waals surface area contributed by atoms with Crippen LogP contribution in [0, 0.1) is 6.92 Å². The van der Waals surface area contributed by atoms with E-state index in [9.17, 15) is 4.79 Å². The number of benzene rings is 2. The lowest BCUT2D eigenvalue weighted by molar-refractivity contribution is 0.0728. The van der Waals surface area contributed by atoms with Gasteiger partial charge in [-0.1, -0.05) is 36.4 Å². The molecule has 0 spiro atoms. The van der Waals surface area contributed by atoms with Crippen LogP contribution >= 0.6 is 0 Å². The van der Waals surface area contributed by atoms with Crippen molar-refractivity contribution in [2.24, 2.45) is 0 Å². The molecule has 0 N–H and O–H groups in total. The number of hydrogen-bond acceptors (Lipinski definition) is 4. The van der Waals surface area contributed by atoms with Gasteiger partial charge < -0.3 is 14.4 Å². The Morgan fingerprint density at radius 2 is 1.80 bits per heavy atom. The molecule has 30 heavy (non-hydrogen) atoms. The molecule has 1 aliphatic rings. The molecule has 0 radical (unpaired) electrons.